The number of carbonyl (C=O) groups is 2. The van der Waals surface area contributed by atoms with E-state index >= 15 is 0 Å². The summed E-state index contributed by atoms with van der Waals surface area (Å²) in [5, 5.41) is 11.7. The number of carboxylic acid groups (broad SMARTS) is 1. The minimum atomic E-state index is -0.847. The monoisotopic (exact) mass is 242 g/mol. The Labute approximate surface area is 102 Å². The van der Waals surface area contributed by atoms with Crippen LogP contribution in [0.1, 0.15) is 39.5 Å². The molecule has 5 nitrogen and oxygen atoms in total. The summed E-state index contributed by atoms with van der Waals surface area (Å²) in [5.41, 5.74) is 0. The Kier molecular flexibility index (Phi) is 5.25. The van der Waals surface area contributed by atoms with Crippen molar-refractivity contribution in [2.24, 2.45) is 5.92 Å². The third-order valence-corrected chi connectivity index (χ3v) is 3.06. The highest BCUT2D eigenvalue weighted by molar-refractivity contribution is 5.76. The third-order valence-electron chi connectivity index (χ3n) is 3.06. The molecule has 1 saturated carbocycles. The zero-order valence-corrected chi connectivity index (χ0v) is 10.6. The number of amides is 2. The predicted octanol–water partition coefficient (Wildman–Crippen LogP) is 1.68. The van der Waals surface area contributed by atoms with Gasteiger partial charge >= 0.3 is 12.0 Å². The second kappa shape index (κ2) is 6.47. The molecule has 0 aromatic rings. The van der Waals surface area contributed by atoms with Crippen molar-refractivity contribution in [1.29, 1.82) is 0 Å². The smallest absolute Gasteiger partial charge is 0.317 e. The minimum Gasteiger partial charge on any atom is -0.481 e. The molecular formula is C12H22N2O3. The molecule has 1 aliphatic rings. The summed E-state index contributed by atoms with van der Waals surface area (Å²) in [5.74, 6) is -0.490. The predicted molar refractivity (Wildman–Crippen MR) is 64.8 cm³/mol. The van der Waals surface area contributed by atoms with Gasteiger partial charge in [-0.25, -0.2) is 4.79 Å². The minimum absolute atomic E-state index is 0.0279. The molecule has 0 heterocycles. The number of hydrogen-bond donors (Lipinski definition) is 2. The number of hydrogen-bond acceptors (Lipinski definition) is 2. The third kappa shape index (κ3) is 4.63. The number of carboxylic acids is 1. The summed E-state index contributed by atoms with van der Waals surface area (Å²) in [6.45, 7) is 5.32. The summed E-state index contributed by atoms with van der Waals surface area (Å²) in [7, 11) is 0. The Bertz CT molecular complexity index is 277. The molecule has 17 heavy (non-hydrogen) atoms. The maximum absolute atomic E-state index is 11.9. The Morgan fingerprint density at radius 1 is 1.41 bits per heavy atom. The van der Waals surface area contributed by atoms with Crippen molar-refractivity contribution in [2.75, 3.05) is 13.1 Å². The summed E-state index contributed by atoms with van der Waals surface area (Å²) in [4.78, 5) is 24.4. The van der Waals surface area contributed by atoms with E-state index in [4.69, 9.17) is 5.11 Å². The number of carbonyl (C=O) groups excluding carboxylic acids is 1. The van der Waals surface area contributed by atoms with Crippen LogP contribution in [0.5, 0.6) is 0 Å². The first-order chi connectivity index (χ1) is 8.08. The molecule has 98 valence electrons. The fourth-order valence-electron chi connectivity index (χ4n) is 1.95. The van der Waals surface area contributed by atoms with Gasteiger partial charge < -0.3 is 15.3 Å². The van der Waals surface area contributed by atoms with Gasteiger partial charge in [0.05, 0.1) is 6.42 Å². The van der Waals surface area contributed by atoms with E-state index in [9.17, 15) is 9.59 Å². The highest BCUT2D eigenvalue weighted by Gasteiger charge is 2.34. The molecule has 1 atom stereocenters. The number of rotatable bonds is 7. The summed E-state index contributed by atoms with van der Waals surface area (Å²) < 4.78 is 0. The van der Waals surface area contributed by atoms with Gasteiger partial charge in [0.2, 0.25) is 0 Å². The summed E-state index contributed by atoms with van der Waals surface area (Å²) in [6, 6.07) is -0.335. The van der Waals surface area contributed by atoms with E-state index in [-0.39, 0.29) is 18.5 Å². The van der Waals surface area contributed by atoms with Gasteiger partial charge in [-0.15, -0.1) is 0 Å². The van der Waals surface area contributed by atoms with E-state index in [0.29, 0.717) is 19.0 Å². The first-order valence-corrected chi connectivity index (χ1v) is 6.35. The topological polar surface area (TPSA) is 69.6 Å². The van der Waals surface area contributed by atoms with Crippen LogP contribution in [0.2, 0.25) is 0 Å². The van der Waals surface area contributed by atoms with E-state index in [0.717, 1.165) is 19.3 Å². The normalized spacial score (nSPS) is 16.4. The zero-order valence-electron chi connectivity index (χ0n) is 10.6. The van der Waals surface area contributed by atoms with Gasteiger partial charge in [0.1, 0.15) is 0 Å². The fraction of sp³-hybridized carbons (Fsp3) is 0.833. The Morgan fingerprint density at radius 2 is 2.06 bits per heavy atom. The van der Waals surface area contributed by atoms with Crippen LogP contribution < -0.4 is 5.32 Å². The van der Waals surface area contributed by atoms with Crippen LogP contribution in [-0.2, 0) is 4.79 Å². The molecule has 0 aliphatic heterocycles. The fourth-order valence-corrected chi connectivity index (χ4v) is 1.95. The summed E-state index contributed by atoms with van der Waals surface area (Å²) >= 11 is 0. The van der Waals surface area contributed by atoms with Crippen LogP contribution >= 0.6 is 0 Å². The average molecular weight is 242 g/mol. The number of nitrogens with one attached hydrogen (secondary N) is 1. The lowest BCUT2D eigenvalue weighted by Crippen LogP contribution is -2.46. The van der Waals surface area contributed by atoms with Gasteiger partial charge in [-0.1, -0.05) is 6.92 Å². The molecule has 5 heteroatoms. The quantitative estimate of drug-likeness (QED) is 0.713. The van der Waals surface area contributed by atoms with E-state index in [1.54, 1.807) is 4.90 Å². The van der Waals surface area contributed by atoms with Crippen molar-refractivity contribution in [2.45, 2.75) is 45.6 Å². The molecular weight excluding hydrogens is 220 g/mol. The Balaban J connectivity index is 2.47. The second-order valence-electron chi connectivity index (χ2n) is 4.57. The molecule has 0 aromatic carbocycles. The van der Waals surface area contributed by atoms with E-state index in [1.165, 1.54) is 0 Å². The van der Waals surface area contributed by atoms with Crippen LogP contribution in [0.15, 0.2) is 0 Å². The molecule has 0 radical (unpaired) electrons. The molecule has 0 spiro atoms. The van der Waals surface area contributed by atoms with Gasteiger partial charge in [-0.05, 0) is 32.1 Å². The second-order valence-corrected chi connectivity index (χ2v) is 4.57. The molecule has 1 fully saturated rings. The van der Waals surface area contributed by atoms with Crippen LogP contribution in [0, 0.1) is 5.92 Å². The maximum Gasteiger partial charge on any atom is 0.317 e. The molecule has 1 rings (SSSR count). The zero-order chi connectivity index (χ0) is 12.8. The molecule has 2 amide bonds. The molecule has 0 saturated heterocycles. The van der Waals surface area contributed by atoms with Gasteiger partial charge in [0, 0.05) is 19.1 Å². The molecule has 1 unspecified atom stereocenters. The first-order valence-electron chi connectivity index (χ1n) is 6.35. The largest absolute Gasteiger partial charge is 0.481 e. The lowest BCUT2D eigenvalue weighted by molar-refractivity contribution is -0.137. The van der Waals surface area contributed by atoms with Crippen molar-refractivity contribution in [3.63, 3.8) is 0 Å². The number of urea groups is 1. The van der Waals surface area contributed by atoms with Crippen molar-refractivity contribution in [1.82, 2.24) is 10.2 Å². The molecule has 1 aliphatic carbocycles. The van der Waals surface area contributed by atoms with Gasteiger partial charge in [0.25, 0.3) is 0 Å². The number of nitrogens with zero attached hydrogens (tertiary/aromatic N) is 1. The van der Waals surface area contributed by atoms with Gasteiger partial charge in [-0.2, -0.15) is 0 Å². The highest BCUT2D eigenvalue weighted by Crippen LogP contribution is 2.34. The highest BCUT2D eigenvalue weighted by atomic mass is 16.4. The SMILES string of the molecule is CCCN(CC)C(=O)NC(CC(=O)O)C1CC1. The first kappa shape index (κ1) is 13.8. The number of aliphatic carboxylic acids is 1. The van der Waals surface area contributed by atoms with E-state index < -0.39 is 5.97 Å². The van der Waals surface area contributed by atoms with Crippen LogP contribution in [0.3, 0.4) is 0 Å². The van der Waals surface area contributed by atoms with Crippen LogP contribution in [-0.4, -0.2) is 41.1 Å². The van der Waals surface area contributed by atoms with Crippen LogP contribution in [0.4, 0.5) is 4.79 Å². The lowest BCUT2D eigenvalue weighted by Gasteiger charge is -2.24. The van der Waals surface area contributed by atoms with E-state index in [1.807, 2.05) is 13.8 Å². The van der Waals surface area contributed by atoms with Gasteiger partial charge in [-0.3, -0.25) is 4.79 Å². The Hall–Kier alpha value is -1.26. The molecule has 2 N–H and O–H groups in total. The Morgan fingerprint density at radius 3 is 2.47 bits per heavy atom. The van der Waals surface area contributed by atoms with E-state index in [2.05, 4.69) is 5.32 Å². The summed E-state index contributed by atoms with van der Waals surface area (Å²) in [6.07, 6.45) is 2.99. The van der Waals surface area contributed by atoms with Crippen molar-refractivity contribution in [3.8, 4) is 0 Å². The average Bonchev–Trinajstić information content (AvgIpc) is 3.07. The van der Waals surface area contributed by atoms with Crippen LogP contribution in [0.25, 0.3) is 0 Å². The van der Waals surface area contributed by atoms with Crippen molar-refractivity contribution < 1.29 is 14.7 Å². The van der Waals surface area contributed by atoms with Crippen molar-refractivity contribution in [3.05, 3.63) is 0 Å². The molecule has 0 bridgehead atoms. The van der Waals surface area contributed by atoms with Gasteiger partial charge in [0.15, 0.2) is 0 Å². The lowest BCUT2D eigenvalue weighted by atomic mass is 10.1. The maximum atomic E-state index is 11.9. The standard InChI is InChI=1S/C12H22N2O3/c1-3-7-14(4-2)12(17)13-10(8-11(15)16)9-5-6-9/h9-10H,3-8H2,1-2H3,(H,13,17)(H,15,16). The molecule has 0 aromatic heterocycles. The van der Waals surface area contributed by atoms with Crippen molar-refractivity contribution >= 4 is 12.0 Å².